The highest BCUT2D eigenvalue weighted by molar-refractivity contribution is 6.30. The monoisotopic (exact) mass is 368 g/mol. The molecule has 1 aromatic rings. The Balaban J connectivity index is 1.82. The Kier molecular flexibility index (Phi) is 6.79. The summed E-state index contributed by atoms with van der Waals surface area (Å²) in [5.74, 6) is -0.851. The minimum absolute atomic E-state index is 0.0204. The number of urea groups is 1. The molecular weight excluding hydrogens is 352 g/mol. The van der Waals surface area contributed by atoms with E-state index in [0.717, 1.165) is 0 Å². The summed E-state index contributed by atoms with van der Waals surface area (Å²) >= 11 is 5.90. The van der Waals surface area contributed by atoms with Crippen molar-refractivity contribution < 1.29 is 28.6 Å². The third kappa shape index (κ3) is 5.77. The summed E-state index contributed by atoms with van der Waals surface area (Å²) in [6.07, 6.45) is 1.59. The van der Waals surface area contributed by atoms with Crippen molar-refractivity contribution in [1.82, 2.24) is 10.6 Å². The molecule has 2 rings (SSSR count). The van der Waals surface area contributed by atoms with Gasteiger partial charge in [0.15, 0.2) is 6.61 Å². The number of carbonyl (C=O) groups is 3. The molecule has 8 nitrogen and oxygen atoms in total. The van der Waals surface area contributed by atoms with Crippen molar-refractivity contribution in [3.63, 3.8) is 0 Å². The van der Waals surface area contributed by atoms with E-state index in [2.05, 4.69) is 5.32 Å². The number of carbonyl (C=O) groups excluding carboxylic acids is 3. The quantitative estimate of drug-likeness (QED) is 0.576. The van der Waals surface area contributed by atoms with E-state index in [1.54, 1.807) is 24.3 Å². The lowest BCUT2D eigenvalue weighted by molar-refractivity contribution is -0.144. The summed E-state index contributed by atoms with van der Waals surface area (Å²) in [7, 11) is 1.49. The average Bonchev–Trinajstić information content (AvgIpc) is 2.59. The van der Waals surface area contributed by atoms with Crippen molar-refractivity contribution in [2.24, 2.45) is 0 Å². The van der Waals surface area contributed by atoms with Crippen molar-refractivity contribution >= 4 is 35.6 Å². The molecule has 0 fully saturated rings. The summed E-state index contributed by atoms with van der Waals surface area (Å²) in [4.78, 5) is 34.9. The first kappa shape index (κ1) is 18.8. The van der Waals surface area contributed by atoms with Crippen LogP contribution in [0, 0.1) is 0 Å². The zero-order valence-electron chi connectivity index (χ0n) is 13.5. The summed E-state index contributed by atoms with van der Waals surface area (Å²) in [6, 6.07) is 4.34. The number of fused-ring (bicyclic) bond motifs is 1. The number of rotatable bonds is 6. The van der Waals surface area contributed by atoms with Crippen LogP contribution in [0.3, 0.4) is 0 Å². The maximum Gasteiger partial charge on any atom is 0.338 e. The van der Waals surface area contributed by atoms with Crippen LogP contribution < -0.4 is 15.4 Å². The number of halogens is 1. The summed E-state index contributed by atoms with van der Waals surface area (Å²) in [5, 5.41) is 4.94. The molecule has 2 N–H and O–H groups in total. The molecule has 1 aromatic carbocycles. The van der Waals surface area contributed by atoms with Crippen LogP contribution in [0.4, 0.5) is 4.79 Å². The number of hydrogen-bond acceptors (Lipinski definition) is 6. The number of benzene rings is 1. The van der Waals surface area contributed by atoms with Crippen molar-refractivity contribution in [1.29, 1.82) is 0 Å². The molecule has 25 heavy (non-hydrogen) atoms. The van der Waals surface area contributed by atoms with Crippen molar-refractivity contribution in [3.05, 3.63) is 34.4 Å². The van der Waals surface area contributed by atoms with Crippen molar-refractivity contribution in [2.75, 3.05) is 33.5 Å². The third-order valence-electron chi connectivity index (χ3n) is 3.13. The van der Waals surface area contributed by atoms with Crippen LogP contribution in [0.15, 0.2) is 23.8 Å². The van der Waals surface area contributed by atoms with Crippen LogP contribution in [0.25, 0.3) is 6.08 Å². The van der Waals surface area contributed by atoms with E-state index in [-0.39, 0.29) is 18.7 Å². The second-order valence-electron chi connectivity index (χ2n) is 5.01. The van der Waals surface area contributed by atoms with Crippen LogP contribution in [0.1, 0.15) is 5.56 Å². The van der Waals surface area contributed by atoms with Crippen LogP contribution in [-0.2, 0) is 19.1 Å². The Morgan fingerprint density at radius 2 is 2.12 bits per heavy atom. The normalized spacial score (nSPS) is 12.3. The van der Waals surface area contributed by atoms with E-state index in [4.69, 9.17) is 25.8 Å². The fourth-order valence-corrected chi connectivity index (χ4v) is 2.14. The van der Waals surface area contributed by atoms with Gasteiger partial charge >= 0.3 is 12.0 Å². The lowest BCUT2D eigenvalue weighted by atomic mass is 10.1. The number of ether oxygens (including phenoxy) is 3. The van der Waals surface area contributed by atoms with Gasteiger partial charge in [-0.2, -0.15) is 0 Å². The Morgan fingerprint density at radius 1 is 1.32 bits per heavy atom. The van der Waals surface area contributed by atoms with Crippen LogP contribution in [-0.4, -0.2) is 51.4 Å². The number of hydrogen-bond donors (Lipinski definition) is 2. The van der Waals surface area contributed by atoms with E-state index in [9.17, 15) is 14.4 Å². The predicted molar refractivity (Wildman–Crippen MR) is 89.3 cm³/mol. The van der Waals surface area contributed by atoms with Gasteiger partial charge in [-0.1, -0.05) is 11.6 Å². The Hall–Kier alpha value is -2.58. The Labute approximate surface area is 149 Å². The highest BCUT2D eigenvalue weighted by Gasteiger charge is 2.20. The van der Waals surface area contributed by atoms with E-state index in [0.29, 0.717) is 22.9 Å². The van der Waals surface area contributed by atoms with Crippen LogP contribution in [0.5, 0.6) is 5.75 Å². The number of imide groups is 1. The molecule has 1 aliphatic heterocycles. The van der Waals surface area contributed by atoms with Gasteiger partial charge < -0.3 is 19.5 Å². The Bertz CT molecular complexity index is 704. The zero-order chi connectivity index (χ0) is 18.2. The largest absolute Gasteiger partial charge is 0.488 e. The van der Waals surface area contributed by atoms with Gasteiger partial charge in [0.2, 0.25) is 0 Å². The highest BCUT2D eigenvalue weighted by Crippen LogP contribution is 2.29. The molecule has 0 atom stereocenters. The van der Waals surface area contributed by atoms with Gasteiger partial charge in [0.25, 0.3) is 5.91 Å². The molecule has 0 bridgehead atoms. The number of amides is 3. The molecule has 0 unspecified atom stereocenters. The molecule has 3 amide bonds. The number of nitrogens with one attached hydrogen (secondary N) is 2. The second-order valence-corrected chi connectivity index (χ2v) is 5.45. The molecule has 0 saturated heterocycles. The molecule has 9 heteroatoms. The first-order chi connectivity index (χ1) is 12.0. The smallest absolute Gasteiger partial charge is 0.338 e. The fourth-order valence-electron chi connectivity index (χ4n) is 1.96. The second kappa shape index (κ2) is 9.05. The first-order valence-electron chi connectivity index (χ1n) is 7.36. The maximum atomic E-state index is 12.0. The lowest BCUT2D eigenvalue weighted by Gasteiger charge is -2.17. The van der Waals surface area contributed by atoms with Gasteiger partial charge in [0, 0.05) is 24.2 Å². The first-order valence-corrected chi connectivity index (χ1v) is 7.74. The molecule has 1 heterocycles. The van der Waals surface area contributed by atoms with E-state index < -0.39 is 24.5 Å². The average molecular weight is 369 g/mol. The SMILES string of the molecule is COCCNC(=O)NC(=O)COC(=O)C1=Cc2cc(Cl)ccc2OC1. The number of esters is 1. The topological polar surface area (TPSA) is 103 Å². The van der Waals surface area contributed by atoms with Crippen LogP contribution in [0.2, 0.25) is 5.02 Å². The van der Waals surface area contributed by atoms with Crippen molar-refractivity contribution in [3.8, 4) is 5.75 Å². The van der Waals surface area contributed by atoms with Gasteiger partial charge in [-0.3, -0.25) is 10.1 Å². The molecular formula is C16H17ClN2O6. The molecule has 1 aliphatic rings. The lowest BCUT2D eigenvalue weighted by Crippen LogP contribution is -2.42. The predicted octanol–water partition coefficient (Wildman–Crippen LogP) is 1.13. The molecule has 0 spiro atoms. The summed E-state index contributed by atoms with van der Waals surface area (Å²) in [6.45, 7) is 0.000693. The summed E-state index contributed by atoms with van der Waals surface area (Å²) < 4.78 is 15.1. The molecule has 0 aliphatic carbocycles. The molecule has 0 aromatic heterocycles. The molecule has 134 valence electrons. The van der Waals surface area contributed by atoms with Crippen molar-refractivity contribution in [2.45, 2.75) is 0 Å². The van der Waals surface area contributed by atoms with Gasteiger partial charge in [-0.05, 0) is 24.3 Å². The van der Waals surface area contributed by atoms with Gasteiger partial charge in [-0.25, -0.2) is 9.59 Å². The molecule has 0 radical (unpaired) electrons. The Morgan fingerprint density at radius 3 is 2.88 bits per heavy atom. The summed E-state index contributed by atoms with van der Waals surface area (Å²) in [5.41, 5.74) is 0.889. The number of methoxy groups -OCH3 is 1. The highest BCUT2D eigenvalue weighted by atomic mass is 35.5. The van der Waals surface area contributed by atoms with E-state index in [1.165, 1.54) is 7.11 Å². The standard InChI is InChI=1S/C16H17ClN2O6/c1-23-5-4-18-16(22)19-14(20)9-25-15(21)11-6-10-7-12(17)2-3-13(10)24-8-11/h2-3,6-7H,4-5,8-9H2,1H3,(H2,18,19,20,22). The molecule has 0 saturated carbocycles. The van der Waals surface area contributed by atoms with Gasteiger partial charge in [0.05, 0.1) is 12.2 Å². The van der Waals surface area contributed by atoms with E-state index >= 15 is 0 Å². The minimum atomic E-state index is -0.746. The minimum Gasteiger partial charge on any atom is -0.488 e. The zero-order valence-corrected chi connectivity index (χ0v) is 14.2. The van der Waals surface area contributed by atoms with Gasteiger partial charge in [-0.15, -0.1) is 0 Å². The fraction of sp³-hybridized carbons (Fsp3) is 0.312. The van der Waals surface area contributed by atoms with E-state index in [1.807, 2.05) is 5.32 Å². The maximum absolute atomic E-state index is 12.0. The third-order valence-corrected chi connectivity index (χ3v) is 3.36. The van der Waals surface area contributed by atoms with Crippen LogP contribution >= 0.6 is 11.6 Å². The van der Waals surface area contributed by atoms with Gasteiger partial charge in [0.1, 0.15) is 12.4 Å².